The maximum Gasteiger partial charge on any atom is 0.416 e. The maximum absolute atomic E-state index is 13.3. The van der Waals surface area contributed by atoms with Gasteiger partial charge in [-0.05, 0) is 49.7 Å². The van der Waals surface area contributed by atoms with E-state index in [2.05, 4.69) is 26.7 Å². The van der Waals surface area contributed by atoms with Gasteiger partial charge in [-0.1, -0.05) is 6.07 Å². The van der Waals surface area contributed by atoms with E-state index >= 15 is 0 Å². The van der Waals surface area contributed by atoms with Gasteiger partial charge in [0, 0.05) is 36.6 Å². The summed E-state index contributed by atoms with van der Waals surface area (Å²) in [4.78, 5) is 13.1. The molecule has 36 heavy (non-hydrogen) atoms. The van der Waals surface area contributed by atoms with Gasteiger partial charge in [0.1, 0.15) is 0 Å². The van der Waals surface area contributed by atoms with Crippen LogP contribution in [0, 0.1) is 13.8 Å². The average Bonchev–Trinajstić information content (AvgIpc) is 3.44. The number of carbonyl (C=O) groups is 1. The van der Waals surface area contributed by atoms with Gasteiger partial charge >= 0.3 is 6.18 Å². The third-order valence-corrected chi connectivity index (χ3v) is 5.85. The van der Waals surface area contributed by atoms with E-state index in [9.17, 15) is 18.0 Å². The monoisotopic (exact) mass is 501 g/mol. The van der Waals surface area contributed by atoms with Gasteiger partial charge in [0.05, 0.1) is 41.1 Å². The highest BCUT2D eigenvalue weighted by Crippen LogP contribution is 2.34. The summed E-state index contributed by atoms with van der Waals surface area (Å²) >= 11 is 0. The first kappa shape index (κ1) is 25.1. The lowest BCUT2D eigenvalue weighted by atomic mass is 10.1. The molecule has 0 radical (unpaired) electrons. The second-order valence-electron chi connectivity index (χ2n) is 8.28. The molecule has 1 amide bonds. The van der Waals surface area contributed by atoms with E-state index in [0.29, 0.717) is 5.69 Å². The van der Waals surface area contributed by atoms with Gasteiger partial charge < -0.3 is 21.2 Å². The van der Waals surface area contributed by atoms with Gasteiger partial charge in [-0.3, -0.25) is 14.5 Å². The van der Waals surface area contributed by atoms with Gasteiger partial charge in [0.2, 0.25) is 0 Å². The fourth-order valence-corrected chi connectivity index (χ4v) is 3.72. The Morgan fingerprint density at radius 2 is 1.92 bits per heavy atom. The predicted octanol–water partition coefficient (Wildman–Crippen LogP) is 3.54. The molecule has 0 saturated carbocycles. The first-order valence-corrected chi connectivity index (χ1v) is 11.1. The first-order valence-electron chi connectivity index (χ1n) is 11.1. The number of halogens is 3. The quantitative estimate of drug-likeness (QED) is 0.337. The van der Waals surface area contributed by atoms with Crippen molar-refractivity contribution in [2.24, 2.45) is 7.05 Å². The summed E-state index contributed by atoms with van der Waals surface area (Å²) in [5, 5.41) is 20.4. The van der Waals surface area contributed by atoms with Crippen LogP contribution < -0.4 is 26.6 Å². The van der Waals surface area contributed by atoms with Crippen molar-refractivity contribution >= 4 is 28.7 Å². The third kappa shape index (κ3) is 5.14. The van der Waals surface area contributed by atoms with Gasteiger partial charge in [0.15, 0.2) is 0 Å². The summed E-state index contributed by atoms with van der Waals surface area (Å²) in [6.45, 7) is 3.72. The molecule has 190 valence electrons. The van der Waals surface area contributed by atoms with Crippen LogP contribution in [0.4, 0.5) is 30.2 Å². The van der Waals surface area contributed by atoms with Gasteiger partial charge in [-0.15, -0.1) is 5.53 Å². The average molecular weight is 502 g/mol. The fraction of sp³-hybridized carbons (Fsp3) is 0.250. The molecule has 3 aromatic rings. The first-order chi connectivity index (χ1) is 17.1. The maximum atomic E-state index is 13.3. The molecule has 5 N–H and O–H groups in total. The summed E-state index contributed by atoms with van der Waals surface area (Å²) < 4.78 is 41.5. The van der Waals surface area contributed by atoms with E-state index in [-0.39, 0.29) is 30.1 Å². The van der Waals surface area contributed by atoms with Crippen molar-refractivity contribution < 1.29 is 23.1 Å². The number of hydrogen-bond acceptors (Lipinski definition) is 7. The molecule has 0 atom stereocenters. The van der Waals surface area contributed by atoms with Crippen molar-refractivity contribution in [2.45, 2.75) is 20.0 Å². The zero-order valence-corrected chi connectivity index (χ0v) is 19.9. The molecule has 1 aromatic heterocycles. The Balaban J connectivity index is 1.60. The van der Waals surface area contributed by atoms with Crippen LogP contribution in [-0.2, 0) is 13.2 Å². The summed E-state index contributed by atoms with van der Waals surface area (Å²) in [5.41, 5.74) is 9.91. The smallest absolute Gasteiger partial charge is 0.395 e. The number of rotatable bonds is 7. The van der Waals surface area contributed by atoms with Crippen LogP contribution in [0.3, 0.4) is 0 Å². The highest BCUT2D eigenvalue weighted by atomic mass is 19.4. The van der Waals surface area contributed by atoms with Gasteiger partial charge in [-0.25, -0.2) is 0 Å². The van der Waals surface area contributed by atoms with Crippen LogP contribution >= 0.6 is 0 Å². The van der Waals surface area contributed by atoms with Crippen molar-refractivity contribution in [3.8, 4) is 0 Å². The number of hydrogen-bond donors (Lipinski definition) is 5. The normalized spacial score (nSPS) is 13.4. The van der Waals surface area contributed by atoms with Crippen LogP contribution in [0.1, 0.15) is 32.7 Å². The lowest BCUT2D eigenvalue weighted by Crippen LogP contribution is -2.36. The van der Waals surface area contributed by atoms with Crippen LogP contribution in [0.15, 0.2) is 48.8 Å². The number of aliphatic hydroxyl groups excluding tert-OH is 1. The standard InChI is InChI=1S/C24H26F3N7O2/c1-14-4-5-16(10-22(14)34-13-21(31-32-34)18-12-29-33(3)15(18)2)23(36)30-20-11-17(24(25,26)27)6-7-19(20)28-8-9-35/h4-7,10-13,28,31-32,35H,8-9H2,1-3H3,(H,30,36). The molecule has 4 rings (SSSR count). The van der Waals surface area contributed by atoms with Crippen LogP contribution in [-0.4, -0.2) is 33.9 Å². The number of alkyl halides is 3. The molecule has 0 spiro atoms. The summed E-state index contributed by atoms with van der Waals surface area (Å²) in [7, 11) is 1.85. The largest absolute Gasteiger partial charge is 0.416 e. The Labute approximate surface area is 205 Å². The highest BCUT2D eigenvalue weighted by molar-refractivity contribution is 6.06. The van der Waals surface area contributed by atoms with Crippen molar-refractivity contribution in [3.05, 3.63) is 76.7 Å². The lowest BCUT2D eigenvalue weighted by molar-refractivity contribution is -0.137. The predicted molar refractivity (Wildman–Crippen MR) is 131 cm³/mol. The number of aliphatic hydroxyl groups is 1. The summed E-state index contributed by atoms with van der Waals surface area (Å²) in [6, 6.07) is 8.00. The molecule has 2 aromatic carbocycles. The van der Waals surface area contributed by atoms with Crippen molar-refractivity contribution in [3.63, 3.8) is 0 Å². The number of anilines is 3. The molecule has 0 saturated heterocycles. The van der Waals surface area contributed by atoms with Crippen molar-refractivity contribution in [2.75, 3.05) is 28.8 Å². The molecule has 0 aliphatic carbocycles. The minimum Gasteiger partial charge on any atom is -0.395 e. The Hall–Kier alpha value is -4.03. The summed E-state index contributed by atoms with van der Waals surface area (Å²) in [5.74, 6) is -0.581. The molecule has 0 fully saturated rings. The number of amides is 1. The Morgan fingerprint density at radius 3 is 2.58 bits per heavy atom. The minimum atomic E-state index is -4.57. The highest BCUT2D eigenvalue weighted by Gasteiger charge is 2.31. The third-order valence-electron chi connectivity index (χ3n) is 5.85. The Morgan fingerprint density at radius 1 is 1.14 bits per heavy atom. The van der Waals surface area contributed by atoms with E-state index in [1.807, 2.05) is 27.1 Å². The lowest BCUT2D eigenvalue weighted by Gasteiger charge is -2.19. The molecule has 1 aliphatic heterocycles. The number of nitrogens with zero attached hydrogens (tertiary/aromatic N) is 3. The topological polar surface area (TPSA) is 106 Å². The van der Waals surface area contributed by atoms with E-state index in [1.54, 1.807) is 34.1 Å². The Kier molecular flexibility index (Phi) is 6.91. The molecule has 2 heterocycles. The number of benzene rings is 2. The fourth-order valence-electron chi connectivity index (χ4n) is 3.72. The number of nitrogens with one attached hydrogen (secondary N) is 4. The number of aromatic nitrogens is 2. The number of hydrazine groups is 2. The van der Waals surface area contributed by atoms with Gasteiger partial charge in [-0.2, -0.15) is 18.3 Å². The number of carbonyl (C=O) groups excluding carboxylic acids is 1. The van der Waals surface area contributed by atoms with E-state index in [4.69, 9.17) is 5.11 Å². The molecule has 0 unspecified atom stereocenters. The second kappa shape index (κ2) is 9.91. The SMILES string of the molecule is Cc1ccc(C(=O)Nc2cc(C(F)(F)F)ccc2NCCO)cc1N1C=C(c2cnn(C)c2C)NN1. The van der Waals surface area contributed by atoms with Crippen molar-refractivity contribution in [1.29, 1.82) is 0 Å². The molecular weight excluding hydrogens is 475 g/mol. The minimum absolute atomic E-state index is 0.0411. The zero-order valence-electron chi connectivity index (χ0n) is 19.9. The molecular formula is C24H26F3N7O2. The Bertz CT molecular complexity index is 1320. The second-order valence-corrected chi connectivity index (χ2v) is 8.28. The van der Waals surface area contributed by atoms with Crippen molar-refractivity contribution in [1.82, 2.24) is 20.7 Å². The molecule has 9 nitrogen and oxygen atoms in total. The van der Waals surface area contributed by atoms with E-state index in [1.165, 1.54) is 6.07 Å². The molecule has 1 aliphatic rings. The van der Waals surface area contributed by atoms with Crippen LogP contribution in [0.5, 0.6) is 0 Å². The van der Waals surface area contributed by atoms with Gasteiger partial charge in [0.25, 0.3) is 5.91 Å². The van der Waals surface area contributed by atoms with E-state index in [0.717, 1.165) is 34.7 Å². The van der Waals surface area contributed by atoms with Crippen LogP contribution in [0.2, 0.25) is 0 Å². The van der Waals surface area contributed by atoms with Crippen LogP contribution in [0.25, 0.3) is 5.70 Å². The molecule has 0 bridgehead atoms. The van der Waals surface area contributed by atoms with E-state index < -0.39 is 17.6 Å². The molecule has 12 heteroatoms. The zero-order chi connectivity index (χ0) is 26.0. The summed E-state index contributed by atoms with van der Waals surface area (Å²) in [6.07, 6.45) is -0.998. The number of aryl methyl sites for hydroxylation is 2.